The second-order valence-electron chi connectivity index (χ2n) is 5.93. The van der Waals surface area contributed by atoms with Gasteiger partial charge in [0.15, 0.2) is 0 Å². The molecule has 3 aromatic rings. The zero-order valence-corrected chi connectivity index (χ0v) is 16.7. The molecule has 28 heavy (non-hydrogen) atoms. The lowest BCUT2D eigenvalue weighted by molar-refractivity contribution is -0.124. The first-order valence-electron chi connectivity index (χ1n) is 8.23. The molecule has 0 spiro atoms. The number of aromatic nitrogens is 2. The second-order valence-corrected chi connectivity index (χ2v) is 7.57. The summed E-state index contributed by atoms with van der Waals surface area (Å²) in [5.41, 5.74) is 0.186. The van der Waals surface area contributed by atoms with Gasteiger partial charge in [-0.2, -0.15) is 0 Å². The van der Waals surface area contributed by atoms with Crippen molar-refractivity contribution in [2.45, 2.75) is 13.5 Å². The van der Waals surface area contributed by atoms with Crippen LogP contribution in [-0.2, 0) is 16.1 Å². The Labute approximate surface area is 169 Å². The fraction of sp³-hybridized carbons (Fsp3) is 0.222. The summed E-state index contributed by atoms with van der Waals surface area (Å²) in [6.45, 7) is 1.42. The SMILES string of the molecule is COc1ccc(NC(=O)CNC(=O)Cn2cnc3sc(C)cc3c2=O)cc1Cl. The summed E-state index contributed by atoms with van der Waals surface area (Å²) in [6.07, 6.45) is 1.33. The average molecular weight is 421 g/mol. The molecule has 10 heteroatoms. The molecule has 1 aromatic carbocycles. The van der Waals surface area contributed by atoms with Crippen LogP contribution < -0.4 is 20.9 Å². The van der Waals surface area contributed by atoms with Crippen molar-refractivity contribution >= 4 is 50.7 Å². The third kappa shape index (κ3) is 4.49. The second kappa shape index (κ2) is 8.41. The lowest BCUT2D eigenvalue weighted by atomic mass is 10.3. The van der Waals surface area contributed by atoms with Gasteiger partial charge in [-0.1, -0.05) is 11.6 Å². The number of fused-ring (bicyclic) bond motifs is 1. The van der Waals surface area contributed by atoms with Crippen molar-refractivity contribution in [3.8, 4) is 5.75 Å². The first-order valence-corrected chi connectivity index (χ1v) is 9.42. The summed E-state index contributed by atoms with van der Waals surface area (Å²) >= 11 is 7.42. The number of carbonyl (C=O) groups is 2. The van der Waals surface area contributed by atoms with Gasteiger partial charge in [0, 0.05) is 10.6 Å². The van der Waals surface area contributed by atoms with E-state index < -0.39 is 11.8 Å². The monoisotopic (exact) mass is 420 g/mol. The Hall–Kier alpha value is -2.91. The maximum atomic E-state index is 12.4. The van der Waals surface area contributed by atoms with E-state index in [1.807, 2.05) is 6.92 Å². The Morgan fingerprint density at radius 2 is 2.07 bits per heavy atom. The number of methoxy groups -OCH3 is 1. The molecule has 0 atom stereocenters. The van der Waals surface area contributed by atoms with E-state index in [9.17, 15) is 14.4 Å². The molecule has 0 saturated carbocycles. The van der Waals surface area contributed by atoms with Crippen molar-refractivity contribution < 1.29 is 14.3 Å². The molecule has 8 nitrogen and oxygen atoms in total. The molecule has 146 valence electrons. The van der Waals surface area contributed by atoms with Gasteiger partial charge in [-0.15, -0.1) is 11.3 Å². The van der Waals surface area contributed by atoms with Crippen LogP contribution >= 0.6 is 22.9 Å². The van der Waals surface area contributed by atoms with E-state index in [0.29, 0.717) is 26.7 Å². The molecule has 0 fully saturated rings. The highest BCUT2D eigenvalue weighted by Gasteiger charge is 2.12. The van der Waals surface area contributed by atoms with Crippen LogP contribution in [-0.4, -0.2) is 35.0 Å². The summed E-state index contributed by atoms with van der Waals surface area (Å²) in [5.74, 6) is -0.410. The number of halogens is 1. The standard InChI is InChI=1S/C18H17ClN4O4S/c1-10-5-12-17(28-10)21-9-23(18(12)26)8-16(25)20-7-15(24)22-11-3-4-14(27-2)13(19)6-11/h3-6,9H,7-8H2,1-2H3,(H,20,25)(H,22,24). The topological polar surface area (TPSA) is 102 Å². The number of benzene rings is 1. The maximum Gasteiger partial charge on any atom is 0.262 e. The van der Waals surface area contributed by atoms with Crippen molar-refractivity contribution in [1.82, 2.24) is 14.9 Å². The van der Waals surface area contributed by atoms with Crippen molar-refractivity contribution in [3.63, 3.8) is 0 Å². The summed E-state index contributed by atoms with van der Waals surface area (Å²) in [7, 11) is 1.49. The highest BCUT2D eigenvalue weighted by Crippen LogP contribution is 2.27. The number of hydrogen-bond acceptors (Lipinski definition) is 6. The van der Waals surface area contributed by atoms with Crippen LogP contribution in [0.3, 0.4) is 0 Å². The fourth-order valence-corrected chi connectivity index (χ4v) is 3.63. The van der Waals surface area contributed by atoms with E-state index in [1.54, 1.807) is 24.3 Å². The molecule has 0 saturated heterocycles. The number of hydrogen-bond donors (Lipinski definition) is 2. The van der Waals surface area contributed by atoms with Gasteiger partial charge in [0.1, 0.15) is 17.1 Å². The summed E-state index contributed by atoms with van der Waals surface area (Å²) in [5, 5.41) is 5.93. The van der Waals surface area contributed by atoms with Gasteiger partial charge < -0.3 is 15.4 Å². The van der Waals surface area contributed by atoms with Crippen LogP contribution in [0, 0.1) is 6.92 Å². The molecule has 0 radical (unpaired) electrons. The predicted molar refractivity (Wildman–Crippen MR) is 108 cm³/mol. The highest BCUT2D eigenvalue weighted by atomic mass is 35.5. The molecule has 0 aliphatic carbocycles. The van der Waals surface area contributed by atoms with Crippen LogP contribution in [0.2, 0.25) is 5.02 Å². The van der Waals surface area contributed by atoms with Crippen molar-refractivity contribution in [3.05, 3.63) is 50.8 Å². The summed E-state index contributed by atoms with van der Waals surface area (Å²) in [4.78, 5) is 42.3. The number of ether oxygens (including phenoxy) is 1. The van der Waals surface area contributed by atoms with Crippen LogP contribution in [0.5, 0.6) is 5.75 Å². The number of amides is 2. The molecule has 2 amide bonds. The quantitative estimate of drug-likeness (QED) is 0.636. The summed E-state index contributed by atoms with van der Waals surface area (Å²) < 4.78 is 6.26. The third-order valence-electron chi connectivity index (χ3n) is 3.84. The van der Waals surface area contributed by atoms with E-state index in [4.69, 9.17) is 16.3 Å². The van der Waals surface area contributed by atoms with Gasteiger partial charge >= 0.3 is 0 Å². The first-order chi connectivity index (χ1) is 13.4. The first kappa shape index (κ1) is 19.8. The minimum atomic E-state index is -0.474. The lowest BCUT2D eigenvalue weighted by Crippen LogP contribution is -2.37. The van der Waals surface area contributed by atoms with E-state index in [2.05, 4.69) is 15.6 Å². The highest BCUT2D eigenvalue weighted by molar-refractivity contribution is 7.18. The smallest absolute Gasteiger partial charge is 0.262 e. The molecule has 2 heterocycles. The Bertz CT molecular complexity index is 1110. The van der Waals surface area contributed by atoms with E-state index in [-0.39, 0.29) is 18.6 Å². The van der Waals surface area contributed by atoms with Gasteiger partial charge in [-0.3, -0.25) is 19.0 Å². The van der Waals surface area contributed by atoms with Crippen molar-refractivity contribution in [1.29, 1.82) is 0 Å². The number of anilines is 1. The molecule has 0 aliphatic rings. The van der Waals surface area contributed by atoms with Gasteiger partial charge in [0.25, 0.3) is 5.56 Å². The fourth-order valence-electron chi connectivity index (χ4n) is 2.53. The molecule has 0 unspecified atom stereocenters. The number of nitrogens with zero attached hydrogens (tertiary/aromatic N) is 2. The molecular formula is C18H17ClN4O4S. The molecule has 0 aliphatic heterocycles. The average Bonchev–Trinajstić information content (AvgIpc) is 3.04. The van der Waals surface area contributed by atoms with Crippen molar-refractivity contribution in [2.24, 2.45) is 0 Å². The normalized spacial score (nSPS) is 10.7. The Morgan fingerprint density at radius 1 is 1.29 bits per heavy atom. The number of aryl methyl sites for hydroxylation is 1. The van der Waals surface area contributed by atoms with Gasteiger partial charge in [0.2, 0.25) is 11.8 Å². The zero-order valence-electron chi connectivity index (χ0n) is 15.1. The number of rotatable bonds is 6. The lowest BCUT2D eigenvalue weighted by Gasteiger charge is -2.09. The third-order valence-corrected chi connectivity index (χ3v) is 5.09. The van der Waals surface area contributed by atoms with E-state index in [1.165, 1.54) is 29.3 Å². The maximum absolute atomic E-state index is 12.4. The van der Waals surface area contributed by atoms with Crippen LogP contribution in [0.4, 0.5) is 5.69 Å². The van der Waals surface area contributed by atoms with Gasteiger partial charge in [-0.25, -0.2) is 4.98 Å². The minimum Gasteiger partial charge on any atom is -0.495 e. The Kier molecular flexibility index (Phi) is 5.96. The number of nitrogens with one attached hydrogen (secondary N) is 2. The Balaban J connectivity index is 1.57. The largest absolute Gasteiger partial charge is 0.495 e. The summed E-state index contributed by atoms with van der Waals surface area (Å²) in [6, 6.07) is 6.55. The minimum absolute atomic E-state index is 0.224. The van der Waals surface area contributed by atoms with Crippen LogP contribution in [0.25, 0.3) is 10.2 Å². The van der Waals surface area contributed by atoms with Gasteiger partial charge in [0.05, 0.1) is 30.4 Å². The molecule has 2 aromatic heterocycles. The van der Waals surface area contributed by atoms with Crippen LogP contribution in [0.1, 0.15) is 4.88 Å². The molecular weight excluding hydrogens is 404 g/mol. The molecule has 0 bridgehead atoms. The predicted octanol–water partition coefficient (Wildman–Crippen LogP) is 2.18. The Morgan fingerprint density at radius 3 is 2.79 bits per heavy atom. The van der Waals surface area contributed by atoms with Crippen molar-refractivity contribution in [2.75, 3.05) is 19.0 Å². The number of carbonyl (C=O) groups excluding carboxylic acids is 2. The van der Waals surface area contributed by atoms with E-state index >= 15 is 0 Å². The molecule has 2 N–H and O–H groups in total. The van der Waals surface area contributed by atoms with E-state index in [0.717, 1.165) is 4.88 Å². The molecule has 3 rings (SSSR count). The zero-order chi connectivity index (χ0) is 20.3. The van der Waals surface area contributed by atoms with Crippen LogP contribution in [0.15, 0.2) is 35.4 Å². The number of thiophene rings is 1. The van der Waals surface area contributed by atoms with Gasteiger partial charge in [-0.05, 0) is 31.2 Å².